The maximum atomic E-state index is 9.91. The van der Waals surface area contributed by atoms with Crippen LogP contribution in [0.3, 0.4) is 0 Å². The van der Waals surface area contributed by atoms with Crippen molar-refractivity contribution >= 4 is 0 Å². The number of benzene rings is 2. The van der Waals surface area contributed by atoms with E-state index in [0.29, 0.717) is 5.92 Å². The van der Waals surface area contributed by atoms with E-state index in [1.165, 1.54) is 11.1 Å². The van der Waals surface area contributed by atoms with Crippen LogP contribution < -0.4 is 0 Å². The van der Waals surface area contributed by atoms with Gasteiger partial charge in [-0.3, -0.25) is 4.90 Å². The van der Waals surface area contributed by atoms with E-state index in [1.807, 2.05) is 12.1 Å². The molecule has 0 amide bonds. The fraction of sp³-hybridized carbons (Fsp3) is 0.400. The molecule has 0 bridgehead atoms. The van der Waals surface area contributed by atoms with E-state index in [1.54, 1.807) is 0 Å². The molecule has 0 aromatic heterocycles. The zero-order chi connectivity index (χ0) is 15.8. The molecule has 2 rings (SSSR count). The Morgan fingerprint density at radius 2 is 1.32 bits per heavy atom. The van der Waals surface area contributed by atoms with E-state index in [0.717, 1.165) is 19.5 Å². The largest absolute Gasteiger partial charge is 0.395 e. The predicted octanol–water partition coefficient (Wildman–Crippen LogP) is 4.10. The molecule has 0 fully saturated rings. The Morgan fingerprint density at radius 1 is 0.864 bits per heavy atom. The van der Waals surface area contributed by atoms with Crippen molar-refractivity contribution in [1.29, 1.82) is 0 Å². The number of hydrogen-bond acceptors (Lipinski definition) is 2. The van der Waals surface area contributed by atoms with E-state index in [9.17, 15) is 5.11 Å². The quantitative estimate of drug-likeness (QED) is 0.793. The fourth-order valence-electron chi connectivity index (χ4n) is 2.85. The first-order chi connectivity index (χ1) is 10.7. The van der Waals surface area contributed by atoms with Gasteiger partial charge in [-0.1, -0.05) is 80.9 Å². The molecule has 2 unspecified atom stereocenters. The van der Waals surface area contributed by atoms with Crippen molar-refractivity contribution in [1.82, 2.24) is 4.90 Å². The molecule has 0 heterocycles. The molecule has 0 saturated heterocycles. The van der Waals surface area contributed by atoms with Crippen molar-refractivity contribution in [3.63, 3.8) is 0 Å². The Balaban J connectivity index is 2.19. The number of aliphatic hydroxyl groups excluding tert-OH is 1. The van der Waals surface area contributed by atoms with E-state index in [4.69, 9.17) is 0 Å². The van der Waals surface area contributed by atoms with Gasteiger partial charge in [-0.2, -0.15) is 0 Å². The monoisotopic (exact) mass is 297 g/mol. The summed E-state index contributed by atoms with van der Waals surface area (Å²) in [6.45, 7) is 6.35. The Kier molecular flexibility index (Phi) is 6.63. The highest BCUT2D eigenvalue weighted by atomic mass is 16.3. The Labute approximate surface area is 134 Å². The molecule has 1 N–H and O–H groups in total. The van der Waals surface area contributed by atoms with Gasteiger partial charge in [0.2, 0.25) is 0 Å². The van der Waals surface area contributed by atoms with Crippen LogP contribution in [-0.2, 0) is 13.1 Å². The van der Waals surface area contributed by atoms with Crippen molar-refractivity contribution < 1.29 is 5.11 Å². The van der Waals surface area contributed by atoms with Gasteiger partial charge in [0, 0.05) is 19.1 Å². The summed E-state index contributed by atoms with van der Waals surface area (Å²) in [5, 5.41) is 9.91. The molecule has 2 nitrogen and oxygen atoms in total. The van der Waals surface area contributed by atoms with Gasteiger partial charge in [-0.25, -0.2) is 0 Å². The van der Waals surface area contributed by atoms with E-state index >= 15 is 0 Å². The highest BCUT2D eigenvalue weighted by Gasteiger charge is 2.23. The number of hydrogen-bond donors (Lipinski definition) is 1. The second kappa shape index (κ2) is 8.72. The molecule has 2 aromatic rings. The summed E-state index contributed by atoms with van der Waals surface area (Å²) in [7, 11) is 0. The van der Waals surface area contributed by atoms with Crippen molar-refractivity contribution in [3.8, 4) is 0 Å². The Bertz CT molecular complexity index is 484. The lowest BCUT2D eigenvalue weighted by atomic mass is 9.97. The van der Waals surface area contributed by atoms with Crippen LogP contribution in [0.2, 0.25) is 0 Å². The SMILES string of the molecule is CCC(C)C(CO)N(Cc1ccccc1)Cc1ccccc1. The van der Waals surface area contributed by atoms with Crippen molar-refractivity contribution in [2.45, 2.75) is 39.4 Å². The molecule has 0 aliphatic carbocycles. The molecule has 0 radical (unpaired) electrons. The predicted molar refractivity (Wildman–Crippen MR) is 92.5 cm³/mol. The third-order valence-electron chi connectivity index (χ3n) is 4.41. The van der Waals surface area contributed by atoms with Gasteiger partial charge in [0.15, 0.2) is 0 Å². The summed E-state index contributed by atoms with van der Waals surface area (Å²) in [5.41, 5.74) is 2.58. The zero-order valence-electron chi connectivity index (χ0n) is 13.7. The zero-order valence-corrected chi connectivity index (χ0v) is 13.7. The van der Waals surface area contributed by atoms with Gasteiger partial charge < -0.3 is 5.11 Å². The molecular weight excluding hydrogens is 270 g/mol. The van der Waals surface area contributed by atoms with Crippen LogP contribution >= 0.6 is 0 Å². The molecule has 2 heteroatoms. The van der Waals surface area contributed by atoms with Gasteiger partial charge in [0.05, 0.1) is 6.61 Å². The summed E-state index contributed by atoms with van der Waals surface area (Å²) in [6, 6.07) is 21.2. The minimum absolute atomic E-state index is 0.186. The van der Waals surface area contributed by atoms with Crippen molar-refractivity contribution in [2.24, 2.45) is 5.92 Å². The molecule has 22 heavy (non-hydrogen) atoms. The van der Waals surface area contributed by atoms with Gasteiger partial charge in [0.1, 0.15) is 0 Å². The highest BCUT2D eigenvalue weighted by molar-refractivity contribution is 5.17. The summed E-state index contributed by atoms with van der Waals surface area (Å²) in [6.07, 6.45) is 1.07. The smallest absolute Gasteiger partial charge is 0.0589 e. The van der Waals surface area contributed by atoms with Gasteiger partial charge in [-0.05, 0) is 17.0 Å². The van der Waals surface area contributed by atoms with Gasteiger partial charge in [0.25, 0.3) is 0 Å². The van der Waals surface area contributed by atoms with E-state index in [-0.39, 0.29) is 12.6 Å². The number of rotatable bonds is 8. The molecule has 2 aromatic carbocycles. The lowest BCUT2D eigenvalue weighted by Crippen LogP contribution is -2.41. The van der Waals surface area contributed by atoms with Gasteiger partial charge >= 0.3 is 0 Å². The second-order valence-electron chi connectivity index (χ2n) is 6.01. The Morgan fingerprint density at radius 3 is 1.68 bits per heavy atom. The summed E-state index contributed by atoms with van der Waals surface area (Å²) < 4.78 is 0. The lowest BCUT2D eigenvalue weighted by Gasteiger charge is -2.34. The average molecular weight is 297 g/mol. The van der Waals surface area contributed by atoms with Crippen LogP contribution in [0.1, 0.15) is 31.4 Å². The first-order valence-electron chi connectivity index (χ1n) is 8.17. The van der Waals surface area contributed by atoms with Crippen LogP contribution in [0.4, 0.5) is 0 Å². The van der Waals surface area contributed by atoms with Crippen molar-refractivity contribution in [2.75, 3.05) is 6.61 Å². The molecule has 0 spiro atoms. The Hall–Kier alpha value is -1.64. The number of aliphatic hydroxyl groups is 1. The maximum Gasteiger partial charge on any atom is 0.0589 e. The molecule has 0 aliphatic rings. The summed E-state index contributed by atoms with van der Waals surface area (Å²) in [4.78, 5) is 2.40. The minimum Gasteiger partial charge on any atom is -0.395 e. The molecule has 0 aliphatic heterocycles. The summed E-state index contributed by atoms with van der Waals surface area (Å²) in [5.74, 6) is 0.470. The van der Waals surface area contributed by atoms with Crippen LogP contribution in [0.15, 0.2) is 60.7 Å². The van der Waals surface area contributed by atoms with E-state index in [2.05, 4.69) is 67.3 Å². The molecule has 2 atom stereocenters. The van der Waals surface area contributed by atoms with Crippen LogP contribution in [-0.4, -0.2) is 22.7 Å². The fourth-order valence-corrected chi connectivity index (χ4v) is 2.85. The second-order valence-corrected chi connectivity index (χ2v) is 6.01. The third-order valence-corrected chi connectivity index (χ3v) is 4.41. The lowest BCUT2D eigenvalue weighted by molar-refractivity contribution is 0.0716. The normalized spacial score (nSPS) is 14.0. The van der Waals surface area contributed by atoms with Crippen molar-refractivity contribution in [3.05, 3.63) is 71.8 Å². The van der Waals surface area contributed by atoms with Gasteiger partial charge in [-0.15, -0.1) is 0 Å². The maximum absolute atomic E-state index is 9.91. The van der Waals surface area contributed by atoms with Crippen LogP contribution in [0, 0.1) is 5.92 Å². The van der Waals surface area contributed by atoms with E-state index < -0.39 is 0 Å². The first kappa shape index (κ1) is 16.7. The summed E-state index contributed by atoms with van der Waals surface area (Å²) >= 11 is 0. The molecule has 118 valence electrons. The molecular formula is C20H27NO. The van der Waals surface area contributed by atoms with Crippen LogP contribution in [0.5, 0.6) is 0 Å². The average Bonchev–Trinajstić information content (AvgIpc) is 2.57. The first-order valence-corrected chi connectivity index (χ1v) is 8.17. The standard InChI is InChI=1S/C20H27NO/c1-3-17(2)20(16-22)21(14-18-10-6-4-7-11-18)15-19-12-8-5-9-13-19/h4-13,17,20,22H,3,14-16H2,1-2H3. The number of nitrogens with zero attached hydrogens (tertiary/aromatic N) is 1. The highest BCUT2D eigenvalue weighted by Crippen LogP contribution is 2.20. The minimum atomic E-state index is 0.186. The topological polar surface area (TPSA) is 23.5 Å². The molecule has 0 saturated carbocycles. The van der Waals surface area contributed by atoms with Crippen LogP contribution in [0.25, 0.3) is 0 Å². The third kappa shape index (κ3) is 4.69.